The number of rotatable bonds is 12. The van der Waals surface area contributed by atoms with Crippen LogP contribution in [-0.4, -0.2) is 59.0 Å². The van der Waals surface area contributed by atoms with Gasteiger partial charge in [0, 0.05) is 52.9 Å². The first-order valence-corrected chi connectivity index (χ1v) is 22.1. The molecule has 2 fully saturated rings. The zero-order valence-corrected chi connectivity index (χ0v) is 45.0. The number of halogens is 20. The Morgan fingerprint density at radius 2 is 0.442 bits per heavy atom. The number of hydrogen-bond donors (Lipinski definition) is 0. The van der Waals surface area contributed by atoms with E-state index in [2.05, 4.69) is 0 Å². The van der Waals surface area contributed by atoms with Gasteiger partial charge in [0.05, 0.1) is 64.3 Å². The van der Waals surface area contributed by atoms with Gasteiger partial charge in [-0.15, -0.1) is 23.1 Å². The van der Waals surface area contributed by atoms with Crippen LogP contribution in [0.3, 0.4) is 0 Å². The summed E-state index contributed by atoms with van der Waals surface area (Å²) in [4.78, 5) is 0. The summed E-state index contributed by atoms with van der Waals surface area (Å²) in [6, 6.07) is 2.05. The van der Waals surface area contributed by atoms with Crippen molar-refractivity contribution in [3.8, 4) is 0 Å². The molecule has 4 nitrogen and oxygen atoms in total. The minimum absolute atomic E-state index is 0. The van der Waals surface area contributed by atoms with Crippen LogP contribution in [0.15, 0.2) is 0 Å². The molecular weight excluding hydrogens is 1150 g/mol. The minimum Gasteiger partial charge on any atom is -0.382 e. The Hall–Kier alpha value is -3.13. The van der Waals surface area contributed by atoms with Crippen LogP contribution in [0.1, 0.15) is 55.4 Å². The molecule has 0 atom stereocenters. The van der Waals surface area contributed by atoms with Gasteiger partial charge >= 0.3 is 45.1 Å². The van der Waals surface area contributed by atoms with E-state index in [0.717, 1.165) is 90.7 Å². The van der Waals surface area contributed by atoms with Gasteiger partial charge in [0.15, 0.2) is 34.9 Å². The molecule has 2 saturated carbocycles. The van der Waals surface area contributed by atoms with Crippen molar-refractivity contribution in [3.63, 3.8) is 0 Å². The summed E-state index contributed by atoms with van der Waals surface area (Å²) >= 11 is 0. The zero-order valence-electron chi connectivity index (χ0n) is 42.5. The van der Waals surface area contributed by atoms with Crippen LogP contribution in [0.25, 0.3) is 0 Å². The van der Waals surface area contributed by atoms with Crippen molar-refractivity contribution >= 4 is 17.1 Å². The van der Waals surface area contributed by atoms with Crippen LogP contribution in [0.2, 0.25) is 0 Å². The molecule has 0 saturated heterocycles. The molecule has 4 aromatic carbocycles. The Labute approximate surface area is 466 Å². The minimum atomic E-state index is -4.14. The average molecular weight is 1200 g/mol. The van der Waals surface area contributed by atoms with Gasteiger partial charge < -0.3 is 18.9 Å². The third-order valence-corrected chi connectivity index (χ3v) is 9.34. The molecule has 77 heavy (non-hydrogen) atoms. The molecule has 418 valence electrons. The molecule has 0 aliphatic heterocycles. The average Bonchev–Trinajstić information content (AvgIpc) is 4.15. The van der Waals surface area contributed by atoms with E-state index in [1.807, 2.05) is 55.4 Å². The second kappa shape index (κ2) is 40.1. The summed E-state index contributed by atoms with van der Waals surface area (Å²) < 4.78 is 284. The molecule has 4 aromatic rings. The van der Waals surface area contributed by atoms with Crippen LogP contribution < -0.4 is 29.8 Å². The molecule has 0 unspecified atom stereocenters. The molecule has 0 heterocycles. The van der Waals surface area contributed by atoms with Crippen molar-refractivity contribution in [2.75, 3.05) is 52.9 Å². The first-order chi connectivity index (χ1) is 35.3. The molecule has 0 amide bonds. The topological polar surface area (TPSA) is 36.9 Å². The van der Waals surface area contributed by atoms with Crippen molar-refractivity contribution in [2.24, 2.45) is 0 Å². The van der Waals surface area contributed by atoms with Crippen LogP contribution in [-0.2, 0) is 45.2 Å². The second-order valence-corrected chi connectivity index (χ2v) is 13.8. The van der Waals surface area contributed by atoms with Crippen molar-refractivity contribution in [3.05, 3.63) is 191 Å². The smallest absolute Gasteiger partial charge is 0.382 e. The van der Waals surface area contributed by atoms with E-state index in [1.54, 1.807) is 0 Å². The van der Waals surface area contributed by atoms with Gasteiger partial charge in [-0.1, -0.05) is 25.7 Å². The maximum Gasteiger partial charge on any atom is 4.00 e. The van der Waals surface area contributed by atoms with Crippen molar-refractivity contribution in [1.82, 2.24) is 0 Å². The summed E-state index contributed by atoms with van der Waals surface area (Å²) in [6.45, 7) is 22.7. The Kier molecular flexibility index (Phi) is 40.7. The standard InChI is InChI=1S/C22H8BF10.2C6F5.4C4H10O.Li.Zr/c24-13-11(14(25)18(29)21(32)17(13)28)23(9-5-1-2-6-9,10-7-3-4-8-10)12-15(26)19(30)22(33)20(31)16(12)27;2*7-2-1-3(8)5(10)6(11)4(2)9;4*1-3-5-4-2;;/h1-8H;;;4*3-4H2,1-2H3;;/q3*-1;;;;;+1;+4. The Bertz CT molecular complexity index is 2070. The molecule has 2 aliphatic carbocycles. The fourth-order valence-electron chi connectivity index (χ4n) is 6.17. The maximum absolute atomic E-state index is 15.1. The van der Waals surface area contributed by atoms with Crippen LogP contribution in [0.4, 0.5) is 87.8 Å². The summed E-state index contributed by atoms with van der Waals surface area (Å²) in [6.07, 6.45) is 4.74. The molecule has 27 heteroatoms. The zero-order chi connectivity index (χ0) is 57.9. The SMILES string of the molecule is CCOCC.CCOCC.CCOCC.CCOCC.Fc1[c-]c(F)c(F)c(F)c1F.Fc1[c-]c(F)c(F)c(F)c1F.Fc1c(F)c(F)c([B-]([C]2[CH][CH][CH][CH]2)([C]2[CH][CH][CH][CH]2)c2c(F)c(F)c(F)c(F)c2F)c(F)c1F.[Li+].[Zr+4]. The fourth-order valence-corrected chi connectivity index (χ4v) is 6.17. The van der Waals surface area contributed by atoms with E-state index in [0.29, 0.717) is 0 Å². The normalized spacial score (nSPS) is 12.8. The van der Waals surface area contributed by atoms with E-state index >= 15 is 17.6 Å². The third-order valence-electron chi connectivity index (χ3n) is 9.34. The first-order valence-electron chi connectivity index (χ1n) is 22.1. The molecule has 0 bridgehead atoms. The van der Waals surface area contributed by atoms with E-state index < -0.39 is 145 Å². The number of hydrogen-bond acceptors (Lipinski definition) is 4. The van der Waals surface area contributed by atoms with Gasteiger partial charge in [-0.3, -0.25) is 17.6 Å². The van der Waals surface area contributed by atoms with Crippen LogP contribution >= 0.6 is 0 Å². The largest absolute Gasteiger partial charge is 4.00 e. The van der Waals surface area contributed by atoms with Gasteiger partial charge in [-0.2, -0.15) is 11.6 Å². The Morgan fingerprint density at radius 3 is 0.597 bits per heavy atom. The molecular formula is C50H48BF20LiO4Zr+2. The van der Waals surface area contributed by atoms with Crippen LogP contribution in [0, 0.1) is 191 Å². The van der Waals surface area contributed by atoms with E-state index in [-0.39, 0.29) is 45.1 Å². The van der Waals surface area contributed by atoms with E-state index in [4.69, 9.17) is 18.9 Å². The molecule has 2 aliphatic rings. The van der Waals surface area contributed by atoms with E-state index in [1.165, 1.54) is 25.7 Å². The van der Waals surface area contributed by atoms with Gasteiger partial charge in [0.1, 0.15) is 23.3 Å². The summed E-state index contributed by atoms with van der Waals surface area (Å²) in [7, 11) is 0. The predicted molar refractivity (Wildman–Crippen MR) is 237 cm³/mol. The van der Waals surface area contributed by atoms with Gasteiger partial charge in [0.25, 0.3) is 0 Å². The van der Waals surface area contributed by atoms with Crippen LogP contribution in [0.5, 0.6) is 0 Å². The maximum atomic E-state index is 15.1. The van der Waals surface area contributed by atoms with E-state index in [9.17, 15) is 70.2 Å². The first kappa shape index (κ1) is 78.1. The monoisotopic (exact) mass is 1200 g/mol. The molecule has 10 radical (unpaired) electrons. The van der Waals surface area contributed by atoms with Gasteiger partial charge in [-0.05, 0) is 81.1 Å². The summed E-state index contributed by atoms with van der Waals surface area (Å²) in [5.41, 5.74) is -3.49. The Morgan fingerprint density at radius 1 is 0.286 bits per heavy atom. The van der Waals surface area contributed by atoms with Gasteiger partial charge in [-0.25, -0.2) is 70.2 Å². The van der Waals surface area contributed by atoms with Crippen molar-refractivity contribution < 1.29 is 152 Å². The van der Waals surface area contributed by atoms with Crippen molar-refractivity contribution in [2.45, 2.75) is 55.4 Å². The summed E-state index contributed by atoms with van der Waals surface area (Å²) in [5.74, 6) is -45.8. The molecule has 0 spiro atoms. The van der Waals surface area contributed by atoms with Gasteiger partial charge in [0.2, 0.25) is 0 Å². The quantitative estimate of drug-likeness (QED) is 0.0466. The predicted octanol–water partition coefficient (Wildman–Crippen LogP) is 10.1. The fraction of sp³-hybridized carbons (Fsp3) is 0.320. The molecule has 0 aromatic heterocycles. The van der Waals surface area contributed by atoms with Crippen molar-refractivity contribution in [1.29, 1.82) is 0 Å². The second-order valence-electron chi connectivity index (χ2n) is 13.8. The molecule has 0 N–H and O–H groups in total. The Balaban J connectivity index is -0.00000102. The number of benzene rings is 4. The third kappa shape index (κ3) is 21.4. The molecule has 6 rings (SSSR count). The number of ether oxygens (including phenoxy) is 4. The summed E-state index contributed by atoms with van der Waals surface area (Å²) in [5, 5.41) is 0.